The summed E-state index contributed by atoms with van der Waals surface area (Å²) in [5, 5.41) is 0.669. The van der Waals surface area contributed by atoms with Crippen molar-refractivity contribution in [2.75, 3.05) is 6.61 Å². The lowest BCUT2D eigenvalue weighted by molar-refractivity contribution is -0.143. The summed E-state index contributed by atoms with van der Waals surface area (Å²) in [5.41, 5.74) is 2.00. The van der Waals surface area contributed by atoms with Crippen LogP contribution in [0.5, 0.6) is 0 Å². The molecule has 3 rings (SSSR count). The zero-order valence-electron chi connectivity index (χ0n) is 14.3. The molecular formula is C19H20N2O3S. The van der Waals surface area contributed by atoms with Crippen molar-refractivity contribution >= 4 is 27.5 Å². The number of aryl methyl sites for hydroxylation is 2. The van der Waals surface area contributed by atoms with E-state index in [9.17, 15) is 9.59 Å². The van der Waals surface area contributed by atoms with Crippen molar-refractivity contribution in [3.63, 3.8) is 0 Å². The van der Waals surface area contributed by atoms with Gasteiger partial charge in [-0.05, 0) is 31.4 Å². The summed E-state index contributed by atoms with van der Waals surface area (Å²) < 4.78 is 6.49. The van der Waals surface area contributed by atoms with E-state index in [4.69, 9.17) is 4.74 Å². The number of benzene rings is 1. The summed E-state index contributed by atoms with van der Waals surface area (Å²) in [7, 11) is 0. The average molecular weight is 356 g/mol. The van der Waals surface area contributed by atoms with Crippen LogP contribution in [0.25, 0.3) is 20.7 Å². The summed E-state index contributed by atoms with van der Waals surface area (Å²) in [6, 6.07) is 10.0. The quantitative estimate of drug-likeness (QED) is 0.631. The van der Waals surface area contributed by atoms with E-state index in [1.165, 1.54) is 11.3 Å². The maximum Gasteiger partial charge on any atom is 0.305 e. The van der Waals surface area contributed by atoms with Gasteiger partial charge < -0.3 is 4.74 Å². The van der Waals surface area contributed by atoms with Crippen LogP contribution in [-0.4, -0.2) is 22.1 Å². The van der Waals surface area contributed by atoms with Crippen LogP contribution >= 0.6 is 11.3 Å². The topological polar surface area (TPSA) is 61.2 Å². The van der Waals surface area contributed by atoms with Gasteiger partial charge in [0.15, 0.2) is 0 Å². The van der Waals surface area contributed by atoms with Crippen LogP contribution in [0.3, 0.4) is 0 Å². The Kier molecular flexibility index (Phi) is 5.28. The van der Waals surface area contributed by atoms with E-state index in [-0.39, 0.29) is 11.5 Å². The minimum absolute atomic E-state index is 0.0511. The third-order valence-corrected chi connectivity index (χ3v) is 5.29. The van der Waals surface area contributed by atoms with Crippen LogP contribution in [0.4, 0.5) is 0 Å². The molecule has 0 saturated heterocycles. The highest BCUT2D eigenvalue weighted by Crippen LogP contribution is 2.35. The van der Waals surface area contributed by atoms with E-state index in [0.29, 0.717) is 31.4 Å². The van der Waals surface area contributed by atoms with Gasteiger partial charge in [0.25, 0.3) is 5.56 Å². The third-order valence-electron chi connectivity index (χ3n) is 4.04. The van der Waals surface area contributed by atoms with Gasteiger partial charge in [0.05, 0.1) is 18.3 Å². The molecule has 0 bridgehead atoms. The van der Waals surface area contributed by atoms with Gasteiger partial charge in [-0.1, -0.05) is 30.3 Å². The van der Waals surface area contributed by atoms with Crippen LogP contribution in [0, 0.1) is 6.92 Å². The molecule has 130 valence electrons. The number of fused-ring (bicyclic) bond motifs is 1. The molecule has 0 N–H and O–H groups in total. The molecule has 2 aromatic heterocycles. The Labute approximate surface area is 149 Å². The second-order valence-electron chi connectivity index (χ2n) is 5.75. The maximum absolute atomic E-state index is 12.8. The predicted molar refractivity (Wildman–Crippen MR) is 99.9 cm³/mol. The largest absolute Gasteiger partial charge is 0.466 e. The Morgan fingerprint density at radius 2 is 2.04 bits per heavy atom. The first kappa shape index (κ1) is 17.4. The van der Waals surface area contributed by atoms with Gasteiger partial charge in [-0.2, -0.15) is 0 Å². The fraction of sp³-hybridized carbons (Fsp3) is 0.316. The average Bonchev–Trinajstić information content (AvgIpc) is 2.95. The molecule has 6 heteroatoms. The standard InChI is InChI=1S/C19H20N2O3S/c1-3-24-15(22)10-7-11-21-12-20-18-16(19(21)23)13(2)17(25-18)14-8-5-4-6-9-14/h4-6,8-9,12H,3,7,10-11H2,1-2H3. The van der Waals surface area contributed by atoms with Crippen LogP contribution in [0.15, 0.2) is 41.5 Å². The van der Waals surface area contributed by atoms with Crippen molar-refractivity contribution < 1.29 is 9.53 Å². The molecule has 1 aromatic carbocycles. The van der Waals surface area contributed by atoms with Gasteiger partial charge in [0, 0.05) is 17.8 Å². The Morgan fingerprint density at radius 1 is 1.28 bits per heavy atom. The van der Waals surface area contributed by atoms with E-state index >= 15 is 0 Å². The number of carbonyl (C=O) groups excluding carboxylic acids is 1. The summed E-state index contributed by atoms with van der Waals surface area (Å²) in [5.74, 6) is -0.234. The Hall–Kier alpha value is -2.47. The molecule has 0 aliphatic heterocycles. The molecule has 0 amide bonds. The SMILES string of the molecule is CCOC(=O)CCCn1cnc2sc(-c3ccccc3)c(C)c2c1=O. The minimum atomic E-state index is -0.234. The van der Waals surface area contributed by atoms with Gasteiger partial charge in [0.2, 0.25) is 0 Å². The lowest BCUT2D eigenvalue weighted by atomic mass is 10.1. The Bertz CT molecular complexity index is 944. The van der Waals surface area contributed by atoms with Crippen molar-refractivity contribution in [1.29, 1.82) is 0 Å². The Balaban J connectivity index is 1.88. The summed E-state index contributed by atoms with van der Waals surface area (Å²) >= 11 is 1.54. The van der Waals surface area contributed by atoms with E-state index in [2.05, 4.69) is 4.98 Å². The predicted octanol–water partition coefficient (Wildman–Crippen LogP) is 3.78. The normalized spacial score (nSPS) is 11.0. The maximum atomic E-state index is 12.8. The van der Waals surface area contributed by atoms with Crippen LogP contribution in [0.2, 0.25) is 0 Å². The zero-order chi connectivity index (χ0) is 17.8. The number of nitrogens with zero attached hydrogens (tertiary/aromatic N) is 2. The zero-order valence-corrected chi connectivity index (χ0v) is 15.1. The fourth-order valence-corrected chi connectivity index (χ4v) is 3.96. The van der Waals surface area contributed by atoms with Gasteiger partial charge in [-0.3, -0.25) is 14.2 Å². The van der Waals surface area contributed by atoms with Crippen molar-refractivity contribution in [3.05, 3.63) is 52.6 Å². The monoisotopic (exact) mass is 356 g/mol. The molecular weight excluding hydrogens is 336 g/mol. The van der Waals surface area contributed by atoms with Crippen LogP contribution < -0.4 is 5.56 Å². The van der Waals surface area contributed by atoms with Gasteiger partial charge in [-0.15, -0.1) is 11.3 Å². The molecule has 0 spiro atoms. The van der Waals surface area contributed by atoms with E-state index in [1.807, 2.05) is 37.3 Å². The molecule has 3 aromatic rings. The van der Waals surface area contributed by atoms with Crippen molar-refractivity contribution in [1.82, 2.24) is 9.55 Å². The number of hydrogen-bond donors (Lipinski definition) is 0. The number of thiophene rings is 1. The summed E-state index contributed by atoms with van der Waals surface area (Å²) in [6.07, 6.45) is 2.43. The molecule has 5 nitrogen and oxygen atoms in total. The van der Waals surface area contributed by atoms with E-state index in [1.54, 1.807) is 17.8 Å². The first-order valence-electron chi connectivity index (χ1n) is 8.31. The molecule has 25 heavy (non-hydrogen) atoms. The lowest BCUT2D eigenvalue weighted by Gasteiger charge is -2.05. The molecule has 0 saturated carbocycles. The second kappa shape index (κ2) is 7.61. The third kappa shape index (κ3) is 3.64. The Morgan fingerprint density at radius 3 is 2.76 bits per heavy atom. The highest BCUT2D eigenvalue weighted by atomic mass is 32.1. The number of aromatic nitrogens is 2. The minimum Gasteiger partial charge on any atom is -0.466 e. The first-order chi connectivity index (χ1) is 12.1. The smallest absolute Gasteiger partial charge is 0.305 e. The van der Waals surface area contributed by atoms with Gasteiger partial charge in [-0.25, -0.2) is 4.98 Å². The first-order valence-corrected chi connectivity index (χ1v) is 9.13. The highest BCUT2D eigenvalue weighted by molar-refractivity contribution is 7.22. The van der Waals surface area contributed by atoms with Crippen LogP contribution in [-0.2, 0) is 16.1 Å². The number of esters is 1. The molecule has 0 unspecified atom stereocenters. The molecule has 0 atom stereocenters. The number of ether oxygens (including phenoxy) is 1. The number of rotatable bonds is 6. The summed E-state index contributed by atoms with van der Waals surface area (Å²) in [6.45, 7) is 4.58. The van der Waals surface area contributed by atoms with E-state index < -0.39 is 0 Å². The number of carbonyl (C=O) groups is 1. The van der Waals surface area contributed by atoms with Crippen molar-refractivity contribution in [3.8, 4) is 10.4 Å². The highest BCUT2D eigenvalue weighted by Gasteiger charge is 2.15. The second-order valence-corrected chi connectivity index (χ2v) is 6.75. The molecule has 0 aliphatic rings. The van der Waals surface area contributed by atoms with E-state index in [0.717, 1.165) is 20.8 Å². The summed E-state index contributed by atoms with van der Waals surface area (Å²) in [4.78, 5) is 30.5. The molecule has 0 aliphatic carbocycles. The molecule has 0 fully saturated rings. The number of hydrogen-bond acceptors (Lipinski definition) is 5. The van der Waals surface area contributed by atoms with Gasteiger partial charge >= 0.3 is 5.97 Å². The van der Waals surface area contributed by atoms with Crippen molar-refractivity contribution in [2.24, 2.45) is 0 Å². The van der Waals surface area contributed by atoms with Gasteiger partial charge in [0.1, 0.15) is 4.83 Å². The van der Waals surface area contributed by atoms with Crippen LogP contribution in [0.1, 0.15) is 25.3 Å². The fourth-order valence-electron chi connectivity index (χ4n) is 2.81. The lowest BCUT2D eigenvalue weighted by Crippen LogP contribution is -2.21. The molecule has 2 heterocycles. The molecule has 0 radical (unpaired) electrons. The van der Waals surface area contributed by atoms with Crippen molar-refractivity contribution in [2.45, 2.75) is 33.2 Å².